The fraction of sp³-hybridized carbons (Fsp3) is 0.357. The van der Waals surface area contributed by atoms with Crippen molar-refractivity contribution in [2.24, 2.45) is 0 Å². The SMILES string of the molecule is Cc1cc(Cc2nc(CO)c(C)o2)cc(C)c1O. The van der Waals surface area contributed by atoms with Gasteiger partial charge >= 0.3 is 0 Å². The normalized spacial score (nSPS) is 10.9. The number of nitrogens with zero attached hydrogens (tertiary/aromatic N) is 1. The van der Waals surface area contributed by atoms with Gasteiger partial charge in [0.1, 0.15) is 17.2 Å². The van der Waals surface area contributed by atoms with Gasteiger partial charge < -0.3 is 14.6 Å². The third-order valence-corrected chi connectivity index (χ3v) is 2.99. The third-order valence-electron chi connectivity index (χ3n) is 2.99. The first kappa shape index (κ1) is 12.6. The number of aromatic nitrogens is 1. The molecule has 2 N–H and O–H groups in total. The van der Waals surface area contributed by atoms with Crippen LogP contribution >= 0.6 is 0 Å². The molecule has 1 heterocycles. The van der Waals surface area contributed by atoms with Crippen LogP contribution in [0.3, 0.4) is 0 Å². The van der Waals surface area contributed by atoms with Crippen LogP contribution in [0, 0.1) is 20.8 Å². The highest BCUT2D eigenvalue weighted by Crippen LogP contribution is 2.24. The molecule has 0 bridgehead atoms. The largest absolute Gasteiger partial charge is 0.507 e. The molecule has 0 unspecified atom stereocenters. The molecule has 0 saturated heterocycles. The summed E-state index contributed by atoms with van der Waals surface area (Å²) in [6, 6.07) is 3.83. The number of phenols is 1. The summed E-state index contributed by atoms with van der Waals surface area (Å²) < 4.78 is 5.49. The van der Waals surface area contributed by atoms with Crippen LogP contribution in [0.1, 0.15) is 34.0 Å². The van der Waals surface area contributed by atoms with Crippen molar-refractivity contribution >= 4 is 0 Å². The van der Waals surface area contributed by atoms with E-state index in [-0.39, 0.29) is 6.61 Å². The maximum atomic E-state index is 9.71. The fourth-order valence-corrected chi connectivity index (χ4v) is 2.03. The highest BCUT2D eigenvalue weighted by atomic mass is 16.4. The Hall–Kier alpha value is -1.81. The van der Waals surface area contributed by atoms with Crippen LogP contribution in [0.2, 0.25) is 0 Å². The molecule has 0 amide bonds. The molecular weight excluding hydrogens is 230 g/mol. The summed E-state index contributed by atoms with van der Waals surface area (Å²) in [6.45, 7) is 5.41. The van der Waals surface area contributed by atoms with E-state index in [0.717, 1.165) is 16.7 Å². The number of aliphatic hydroxyl groups is 1. The van der Waals surface area contributed by atoms with Crippen molar-refractivity contribution in [3.05, 3.63) is 46.2 Å². The van der Waals surface area contributed by atoms with Crippen molar-refractivity contribution in [2.45, 2.75) is 33.8 Å². The summed E-state index contributed by atoms with van der Waals surface area (Å²) in [5.74, 6) is 1.57. The maximum absolute atomic E-state index is 9.71. The van der Waals surface area contributed by atoms with E-state index in [0.29, 0.717) is 29.5 Å². The highest BCUT2D eigenvalue weighted by molar-refractivity contribution is 5.42. The van der Waals surface area contributed by atoms with E-state index in [9.17, 15) is 5.11 Å². The van der Waals surface area contributed by atoms with Gasteiger partial charge in [0, 0.05) is 6.42 Å². The molecule has 0 fully saturated rings. The second-order valence-electron chi connectivity index (χ2n) is 4.52. The number of oxazole rings is 1. The Labute approximate surface area is 106 Å². The van der Waals surface area contributed by atoms with Gasteiger partial charge in [0.2, 0.25) is 0 Å². The van der Waals surface area contributed by atoms with Crippen molar-refractivity contribution in [3.8, 4) is 5.75 Å². The quantitative estimate of drug-likeness (QED) is 0.874. The number of aromatic hydroxyl groups is 1. The number of rotatable bonds is 3. The van der Waals surface area contributed by atoms with Crippen LogP contribution in [-0.2, 0) is 13.0 Å². The van der Waals surface area contributed by atoms with Crippen molar-refractivity contribution in [2.75, 3.05) is 0 Å². The van der Waals surface area contributed by atoms with E-state index >= 15 is 0 Å². The average molecular weight is 247 g/mol. The predicted molar refractivity (Wildman–Crippen MR) is 67.5 cm³/mol. The lowest BCUT2D eigenvalue weighted by Crippen LogP contribution is -1.92. The molecule has 18 heavy (non-hydrogen) atoms. The minimum atomic E-state index is -0.108. The summed E-state index contributed by atoms with van der Waals surface area (Å²) >= 11 is 0. The zero-order chi connectivity index (χ0) is 13.3. The van der Waals surface area contributed by atoms with Gasteiger partial charge in [0.15, 0.2) is 5.89 Å². The number of benzene rings is 1. The number of aliphatic hydroxyl groups excluding tert-OH is 1. The summed E-state index contributed by atoms with van der Waals surface area (Å²) in [7, 11) is 0. The molecule has 1 aromatic heterocycles. The van der Waals surface area contributed by atoms with Gasteiger partial charge in [-0.15, -0.1) is 0 Å². The molecular formula is C14H17NO3. The Morgan fingerprint density at radius 3 is 2.28 bits per heavy atom. The van der Waals surface area contributed by atoms with E-state index in [1.807, 2.05) is 26.0 Å². The maximum Gasteiger partial charge on any atom is 0.199 e. The topological polar surface area (TPSA) is 66.5 Å². The number of aryl methyl sites for hydroxylation is 3. The van der Waals surface area contributed by atoms with Gasteiger partial charge in [-0.25, -0.2) is 4.98 Å². The molecule has 0 saturated carbocycles. The molecule has 4 nitrogen and oxygen atoms in total. The molecule has 2 aromatic rings. The molecule has 0 spiro atoms. The van der Waals surface area contributed by atoms with Crippen LogP contribution in [0.5, 0.6) is 5.75 Å². The zero-order valence-electron chi connectivity index (χ0n) is 10.8. The van der Waals surface area contributed by atoms with E-state index < -0.39 is 0 Å². The van der Waals surface area contributed by atoms with Crippen molar-refractivity contribution in [3.63, 3.8) is 0 Å². The molecule has 0 aliphatic carbocycles. The molecule has 1 aromatic carbocycles. The number of hydrogen-bond donors (Lipinski definition) is 2. The summed E-state index contributed by atoms with van der Waals surface area (Å²) in [5.41, 5.74) is 3.30. The van der Waals surface area contributed by atoms with Gasteiger partial charge in [0.05, 0.1) is 6.61 Å². The van der Waals surface area contributed by atoms with Crippen LogP contribution in [-0.4, -0.2) is 15.2 Å². The average Bonchev–Trinajstić information content (AvgIpc) is 2.66. The molecule has 0 atom stereocenters. The lowest BCUT2D eigenvalue weighted by Gasteiger charge is -2.06. The fourth-order valence-electron chi connectivity index (χ4n) is 2.03. The van der Waals surface area contributed by atoms with Crippen LogP contribution in [0.25, 0.3) is 0 Å². The van der Waals surface area contributed by atoms with Gasteiger partial charge in [-0.1, -0.05) is 12.1 Å². The lowest BCUT2D eigenvalue weighted by atomic mass is 10.0. The van der Waals surface area contributed by atoms with E-state index in [4.69, 9.17) is 9.52 Å². The number of hydrogen-bond acceptors (Lipinski definition) is 4. The van der Waals surface area contributed by atoms with Crippen LogP contribution < -0.4 is 0 Å². The molecule has 0 aliphatic heterocycles. The summed E-state index contributed by atoms with van der Waals surface area (Å²) in [5, 5.41) is 18.8. The second-order valence-corrected chi connectivity index (χ2v) is 4.52. The highest BCUT2D eigenvalue weighted by Gasteiger charge is 2.10. The minimum absolute atomic E-state index is 0.108. The van der Waals surface area contributed by atoms with Crippen LogP contribution in [0.15, 0.2) is 16.5 Å². The second kappa shape index (κ2) is 4.82. The molecule has 0 radical (unpaired) electrons. The third kappa shape index (κ3) is 2.38. The van der Waals surface area contributed by atoms with E-state index in [2.05, 4.69) is 4.98 Å². The molecule has 96 valence electrons. The summed E-state index contributed by atoms with van der Waals surface area (Å²) in [6.07, 6.45) is 0.558. The number of phenolic OH excluding ortho intramolecular Hbond substituents is 1. The van der Waals surface area contributed by atoms with Crippen molar-refractivity contribution in [1.29, 1.82) is 0 Å². The Kier molecular flexibility index (Phi) is 3.39. The van der Waals surface area contributed by atoms with Crippen LogP contribution in [0.4, 0.5) is 0 Å². The van der Waals surface area contributed by atoms with Gasteiger partial charge in [-0.3, -0.25) is 0 Å². The molecule has 0 aliphatic rings. The monoisotopic (exact) mass is 247 g/mol. The van der Waals surface area contributed by atoms with Gasteiger partial charge in [0.25, 0.3) is 0 Å². The zero-order valence-corrected chi connectivity index (χ0v) is 10.8. The Morgan fingerprint density at radius 1 is 1.17 bits per heavy atom. The summed E-state index contributed by atoms with van der Waals surface area (Å²) in [4.78, 5) is 4.23. The minimum Gasteiger partial charge on any atom is -0.507 e. The molecule has 4 heteroatoms. The Morgan fingerprint density at radius 2 is 1.78 bits per heavy atom. The first-order valence-electron chi connectivity index (χ1n) is 5.86. The van der Waals surface area contributed by atoms with E-state index in [1.54, 1.807) is 6.92 Å². The lowest BCUT2D eigenvalue weighted by molar-refractivity contribution is 0.275. The van der Waals surface area contributed by atoms with Gasteiger partial charge in [-0.05, 0) is 37.5 Å². The van der Waals surface area contributed by atoms with Gasteiger partial charge in [-0.2, -0.15) is 0 Å². The first-order chi connectivity index (χ1) is 8.51. The Balaban J connectivity index is 2.28. The van der Waals surface area contributed by atoms with Crippen molar-refractivity contribution in [1.82, 2.24) is 4.98 Å². The van der Waals surface area contributed by atoms with E-state index in [1.165, 1.54) is 0 Å². The molecule has 2 rings (SSSR count). The smallest absolute Gasteiger partial charge is 0.199 e. The standard InChI is InChI=1S/C14H17NO3/c1-8-4-11(5-9(2)14(8)17)6-13-15-12(7-16)10(3)18-13/h4-5,16-17H,6-7H2,1-3H3. The van der Waals surface area contributed by atoms with Crippen molar-refractivity contribution < 1.29 is 14.6 Å². The predicted octanol–water partition coefficient (Wildman–Crippen LogP) is 2.39. The Bertz CT molecular complexity index is 549. The first-order valence-corrected chi connectivity index (χ1v) is 5.86.